The van der Waals surface area contributed by atoms with Crippen LogP contribution in [0.4, 0.5) is 0 Å². The van der Waals surface area contributed by atoms with Gasteiger partial charge in [-0.15, -0.1) is 0 Å². The molecular formula is C15H24N6O3. The number of amides is 3. The van der Waals surface area contributed by atoms with E-state index >= 15 is 0 Å². The summed E-state index contributed by atoms with van der Waals surface area (Å²) in [5, 5.41) is 7.66. The number of hydrogen-bond acceptors (Lipinski definition) is 6. The molecular weight excluding hydrogens is 312 g/mol. The lowest BCUT2D eigenvalue weighted by atomic mass is 10.3. The van der Waals surface area contributed by atoms with Gasteiger partial charge in [0, 0.05) is 20.1 Å². The number of unbranched alkanes of at least 4 members (excludes halogenated alkanes) is 2. The van der Waals surface area contributed by atoms with Crippen molar-refractivity contribution in [2.75, 3.05) is 20.1 Å². The molecule has 3 N–H and O–H groups in total. The van der Waals surface area contributed by atoms with E-state index in [4.69, 9.17) is 0 Å². The SMILES string of the molecule is CCCCNC(=O)c1nc(C(=O)NC)nc(C(=O)NCCCC)n1. The van der Waals surface area contributed by atoms with Crippen LogP contribution in [0.2, 0.25) is 0 Å². The highest BCUT2D eigenvalue weighted by Crippen LogP contribution is 1.99. The van der Waals surface area contributed by atoms with Crippen molar-refractivity contribution in [1.29, 1.82) is 0 Å². The standard InChI is InChI=1S/C15H24N6O3/c1-4-6-8-17-14(23)11-19-10(13(22)16-3)20-12(21-11)15(24)18-9-7-5-2/h4-9H2,1-3H3,(H,16,22)(H,17,23)(H,18,24). The molecule has 0 fully saturated rings. The summed E-state index contributed by atoms with van der Waals surface area (Å²) in [6, 6.07) is 0. The van der Waals surface area contributed by atoms with E-state index in [1.165, 1.54) is 7.05 Å². The minimum Gasteiger partial charge on any atom is -0.352 e. The maximum atomic E-state index is 12.1. The molecule has 0 aliphatic heterocycles. The molecule has 1 aromatic rings. The average molecular weight is 336 g/mol. The second-order valence-corrected chi connectivity index (χ2v) is 5.10. The third-order valence-corrected chi connectivity index (χ3v) is 3.10. The smallest absolute Gasteiger partial charge is 0.289 e. The van der Waals surface area contributed by atoms with Crippen LogP contribution in [0.5, 0.6) is 0 Å². The van der Waals surface area contributed by atoms with Crippen LogP contribution < -0.4 is 16.0 Å². The Bertz CT molecular complexity index is 550. The maximum absolute atomic E-state index is 12.1. The summed E-state index contributed by atoms with van der Waals surface area (Å²) >= 11 is 0. The van der Waals surface area contributed by atoms with Gasteiger partial charge in [0.1, 0.15) is 0 Å². The van der Waals surface area contributed by atoms with Gasteiger partial charge in [-0.1, -0.05) is 26.7 Å². The van der Waals surface area contributed by atoms with Crippen molar-refractivity contribution in [3.8, 4) is 0 Å². The zero-order valence-corrected chi connectivity index (χ0v) is 14.3. The molecule has 0 aromatic carbocycles. The number of rotatable bonds is 9. The molecule has 0 spiro atoms. The van der Waals surface area contributed by atoms with Gasteiger partial charge in [0.25, 0.3) is 17.7 Å². The summed E-state index contributed by atoms with van der Waals surface area (Å²) in [4.78, 5) is 47.5. The Morgan fingerprint density at radius 3 is 1.46 bits per heavy atom. The van der Waals surface area contributed by atoms with Crippen molar-refractivity contribution in [2.45, 2.75) is 39.5 Å². The summed E-state index contributed by atoms with van der Waals surface area (Å²) < 4.78 is 0. The lowest BCUT2D eigenvalue weighted by molar-refractivity contribution is 0.0931. The number of carbonyl (C=O) groups is 3. The van der Waals surface area contributed by atoms with E-state index in [0.29, 0.717) is 13.1 Å². The van der Waals surface area contributed by atoms with Gasteiger partial charge >= 0.3 is 0 Å². The first-order valence-corrected chi connectivity index (χ1v) is 8.08. The quantitative estimate of drug-likeness (QED) is 0.557. The molecule has 0 saturated carbocycles. The molecule has 0 aliphatic carbocycles. The highest BCUT2D eigenvalue weighted by Gasteiger charge is 2.20. The molecule has 1 heterocycles. The van der Waals surface area contributed by atoms with E-state index in [1.807, 2.05) is 13.8 Å². The van der Waals surface area contributed by atoms with E-state index in [0.717, 1.165) is 25.7 Å². The molecule has 9 nitrogen and oxygen atoms in total. The summed E-state index contributed by atoms with van der Waals surface area (Å²) in [5.41, 5.74) is 0. The highest BCUT2D eigenvalue weighted by molar-refractivity contribution is 5.97. The number of nitrogens with zero attached hydrogens (tertiary/aromatic N) is 3. The van der Waals surface area contributed by atoms with E-state index in [1.54, 1.807) is 0 Å². The Morgan fingerprint density at radius 1 is 0.750 bits per heavy atom. The van der Waals surface area contributed by atoms with Crippen LogP contribution in [0, 0.1) is 0 Å². The molecule has 0 saturated heterocycles. The van der Waals surface area contributed by atoms with E-state index in [9.17, 15) is 14.4 Å². The minimum atomic E-state index is -0.595. The third kappa shape index (κ3) is 5.90. The monoisotopic (exact) mass is 336 g/mol. The fourth-order valence-electron chi connectivity index (χ4n) is 1.71. The van der Waals surface area contributed by atoms with Crippen molar-refractivity contribution in [3.05, 3.63) is 17.5 Å². The van der Waals surface area contributed by atoms with Crippen LogP contribution in [0.3, 0.4) is 0 Å². The summed E-state index contributed by atoms with van der Waals surface area (Å²) in [5.74, 6) is -2.45. The van der Waals surface area contributed by atoms with Gasteiger partial charge in [-0.3, -0.25) is 14.4 Å². The van der Waals surface area contributed by atoms with Gasteiger partial charge < -0.3 is 16.0 Å². The van der Waals surface area contributed by atoms with Gasteiger partial charge in [-0.25, -0.2) is 0 Å². The van der Waals surface area contributed by atoms with Crippen molar-refractivity contribution in [1.82, 2.24) is 30.9 Å². The molecule has 1 aromatic heterocycles. The zero-order chi connectivity index (χ0) is 17.9. The number of nitrogens with one attached hydrogen (secondary N) is 3. The van der Waals surface area contributed by atoms with Crippen LogP contribution >= 0.6 is 0 Å². The Morgan fingerprint density at radius 2 is 1.12 bits per heavy atom. The predicted molar refractivity (Wildman–Crippen MR) is 87.7 cm³/mol. The Kier molecular flexibility index (Phi) is 8.31. The number of hydrogen-bond donors (Lipinski definition) is 3. The summed E-state index contributed by atoms with van der Waals surface area (Å²) in [7, 11) is 1.41. The first kappa shape index (κ1) is 19.5. The van der Waals surface area contributed by atoms with Crippen LogP contribution in [-0.2, 0) is 0 Å². The fraction of sp³-hybridized carbons (Fsp3) is 0.600. The van der Waals surface area contributed by atoms with Gasteiger partial charge in [-0.05, 0) is 12.8 Å². The molecule has 0 unspecified atom stereocenters. The lowest BCUT2D eigenvalue weighted by Crippen LogP contribution is -2.33. The zero-order valence-electron chi connectivity index (χ0n) is 14.3. The van der Waals surface area contributed by atoms with Gasteiger partial charge in [-0.2, -0.15) is 15.0 Å². The topological polar surface area (TPSA) is 126 Å². The van der Waals surface area contributed by atoms with Crippen LogP contribution in [0.1, 0.15) is 71.4 Å². The van der Waals surface area contributed by atoms with Crippen molar-refractivity contribution in [2.24, 2.45) is 0 Å². The van der Waals surface area contributed by atoms with Gasteiger partial charge in [0.2, 0.25) is 17.5 Å². The maximum Gasteiger partial charge on any atom is 0.289 e. The highest BCUT2D eigenvalue weighted by atomic mass is 16.2. The molecule has 0 atom stereocenters. The summed E-state index contributed by atoms with van der Waals surface area (Å²) in [6.45, 7) is 4.93. The Balaban J connectivity index is 3.01. The van der Waals surface area contributed by atoms with Crippen molar-refractivity contribution >= 4 is 17.7 Å². The van der Waals surface area contributed by atoms with E-state index in [2.05, 4.69) is 30.9 Å². The molecule has 0 bridgehead atoms. The summed E-state index contributed by atoms with van der Waals surface area (Å²) in [6.07, 6.45) is 3.46. The molecule has 1 rings (SSSR count). The van der Waals surface area contributed by atoms with Crippen molar-refractivity contribution < 1.29 is 14.4 Å². The average Bonchev–Trinajstić information content (AvgIpc) is 2.60. The third-order valence-electron chi connectivity index (χ3n) is 3.10. The van der Waals surface area contributed by atoms with Gasteiger partial charge in [0.05, 0.1) is 0 Å². The molecule has 0 radical (unpaired) electrons. The normalized spacial score (nSPS) is 10.1. The van der Waals surface area contributed by atoms with Gasteiger partial charge in [0.15, 0.2) is 0 Å². The molecule has 9 heteroatoms. The molecule has 132 valence electrons. The molecule has 0 aliphatic rings. The van der Waals surface area contributed by atoms with Crippen LogP contribution in [-0.4, -0.2) is 52.8 Å². The van der Waals surface area contributed by atoms with Crippen LogP contribution in [0.15, 0.2) is 0 Å². The first-order valence-electron chi connectivity index (χ1n) is 8.08. The largest absolute Gasteiger partial charge is 0.352 e. The van der Waals surface area contributed by atoms with Crippen LogP contribution in [0.25, 0.3) is 0 Å². The van der Waals surface area contributed by atoms with E-state index in [-0.39, 0.29) is 17.5 Å². The first-order chi connectivity index (χ1) is 11.5. The predicted octanol–water partition coefficient (Wildman–Crippen LogP) is 0.291. The molecule has 3 amide bonds. The second kappa shape index (κ2) is 10.2. The Hall–Kier alpha value is -2.58. The minimum absolute atomic E-state index is 0.250. The van der Waals surface area contributed by atoms with Crippen molar-refractivity contribution in [3.63, 3.8) is 0 Å². The lowest BCUT2D eigenvalue weighted by Gasteiger charge is -2.07. The fourth-order valence-corrected chi connectivity index (χ4v) is 1.71. The Labute approximate surface area is 141 Å². The van der Waals surface area contributed by atoms with E-state index < -0.39 is 17.7 Å². The molecule has 24 heavy (non-hydrogen) atoms. The second-order valence-electron chi connectivity index (χ2n) is 5.10. The number of carbonyl (C=O) groups excluding carboxylic acids is 3. The number of aromatic nitrogens is 3.